The van der Waals surface area contributed by atoms with E-state index in [-0.39, 0.29) is 107 Å². The molecule has 0 fully saturated rings. The van der Waals surface area contributed by atoms with Crippen molar-refractivity contribution in [2.24, 2.45) is 69.0 Å². The van der Waals surface area contributed by atoms with E-state index in [1.54, 1.807) is 13.8 Å². The summed E-state index contributed by atoms with van der Waals surface area (Å²) in [5, 5.41) is 32.5. The molecule has 0 saturated carbocycles. The number of nitrogens with two attached hydrogens (primary N) is 6. The van der Waals surface area contributed by atoms with E-state index in [1.165, 1.54) is 14.0 Å². The summed E-state index contributed by atoms with van der Waals surface area (Å²) < 4.78 is 0. The maximum Gasteiger partial charge on any atom is 0.245 e. The molecule has 0 rings (SSSR count). The van der Waals surface area contributed by atoms with Crippen LogP contribution >= 0.6 is 0 Å². The van der Waals surface area contributed by atoms with Gasteiger partial charge in [0.05, 0.1) is 12.6 Å². The van der Waals surface area contributed by atoms with Crippen molar-refractivity contribution < 1.29 is 53.1 Å². The van der Waals surface area contributed by atoms with Gasteiger partial charge in [0, 0.05) is 13.6 Å². The van der Waals surface area contributed by atoms with Gasteiger partial charge in [-0.25, -0.2) is 0 Å². The van der Waals surface area contributed by atoms with E-state index in [4.69, 9.17) is 34.4 Å². The lowest BCUT2D eigenvalue weighted by Crippen LogP contribution is -2.62. The molecule has 27 heteroatoms. The number of aliphatic hydroxyl groups is 1. The second-order valence-corrected chi connectivity index (χ2v) is 23.1. The first kappa shape index (κ1) is 75.8. The smallest absolute Gasteiger partial charge is 0.245 e. The fraction of sp³-hybridized carbons (Fsp3) is 0.800. The number of carbonyl (C=O) groups is 10. The number of unbranched alkanes of at least 4 members (excludes halogenated alkanes) is 2. The average molecular weight is 1170 g/mol. The second-order valence-electron chi connectivity index (χ2n) is 23.1. The van der Waals surface area contributed by atoms with Crippen molar-refractivity contribution in [3.05, 3.63) is 0 Å². The summed E-state index contributed by atoms with van der Waals surface area (Å²) in [7, 11) is 1.36. The zero-order chi connectivity index (χ0) is 63.0. The Morgan fingerprint density at radius 1 is 0.463 bits per heavy atom. The maximum atomic E-state index is 14.8. The zero-order valence-corrected chi connectivity index (χ0v) is 51.1. The minimum Gasteiger partial charge on any atom is -0.391 e. The number of amides is 10. The Bertz CT molecular complexity index is 2050. The molecule has 0 aromatic carbocycles. The lowest BCUT2D eigenvalue weighted by atomic mass is 9.95. The van der Waals surface area contributed by atoms with Gasteiger partial charge in [-0.2, -0.15) is 0 Å². The van der Waals surface area contributed by atoms with Crippen LogP contribution in [0.2, 0.25) is 0 Å². The summed E-state index contributed by atoms with van der Waals surface area (Å²) in [5.74, 6) is -8.37. The van der Waals surface area contributed by atoms with Gasteiger partial charge < -0.3 is 86.9 Å². The third-order valence-electron chi connectivity index (χ3n) is 13.6. The van der Waals surface area contributed by atoms with Gasteiger partial charge in [0.25, 0.3) is 0 Å². The van der Waals surface area contributed by atoms with E-state index in [1.807, 2.05) is 55.4 Å². The highest BCUT2D eigenvalue weighted by Gasteiger charge is 2.39. The number of hydrogen-bond acceptors (Lipinski definition) is 15. The minimum absolute atomic E-state index is 0.00562. The first-order valence-electron chi connectivity index (χ1n) is 29.2. The lowest BCUT2D eigenvalue weighted by molar-refractivity contribution is -0.145. The number of likely N-dealkylation sites (N-methyl/N-ethyl adjacent to an activating group) is 1. The first-order chi connectivity index (χ1) is 38.3. The fourth-order valence-corrected chi connectivity index (χ4v) is 8.91. The fourth-order valence-electron chi connectivity index (χ4n) is 8.91. The largest absolute Gasteiger partial charge is 0.391 e. The topological polar surface area (TPSA) is 459 Å². The predicted octanol–water partition coefficient (Wildman–Crippen LogP) is -1.94. The van der Waals surface area contributed by atoms with Crippen molar-refractivity contribution >= 4 is 65.0 Å². The van der Waals surface area contributed by atoms with Crippen LogP contribution in [-0.4, -0.2) is 169 Å². The van der Waals surface area contributed by atoms with Crippen LogP contribution in [0.25, 0.3) is 0 Å². The van der Waals surface area contributed by atoms with Gasteiger partial charge >= 0.3 is 0 Å². The molecule has 27 nitrogen and oxygen atoms in total. The first-order valence-corrected chi connectivity index (χ1v) is 29.2. The lowest BCUT2D eigenvalue weighted by Gasteiger charge is -2.35. The van der Waals surface area contributed by atoms with Crippen molar-refractivity contribution in [2.75, 3.05) is 33.2 Å². The summed E-state index contributed by atoms with van der Waals surface area (Å²) >= 11 is 0. The molecule has 82 heavy (non-hydrogen) atoms. The van der Waals surface area contributed by atoms with E-state index < -0.39 is 125 Å². The van der Waals surface area contributed by atoms with E-state index in [9.17, 15) is 53.1 Å². The molecule has 0 aliphatic rings. The molecule has 0 radical (unpaired) electrons. The van der Waals surface area contributed by atoms with Crippen LogP contribution in [-0.2, 0) is 47.9 Å². The Morgan fingerprint density at radius 2 is 0.841 bits per heavy atom. The number of rotatable bonds is 42. The number of hydrogen-bond donors (Lipinski definition) is 15. The molecule has 472 valence electrons. The summed E-state index contributed by atoms with van der Waals surface area (Å²) in [6.07, 6.45) is 1.50. The summed E-state index contributed by atoms with van der Waals surface area (Å²) in [6, 6.07) is -11.2. The van der Waals surface area contributed by atoms with Gasteiger partial charge in [-0.1, -0.05) is 75.7 Å². The van der Waals surface area contributed by atoms with Crippen molar-refractivity contribution in [1.29, 1.82) is 0 Å². The number of nitrogens with one attached hydrogen (secondary N) is 8. The summed E-state index contributed by atoms with van der Waals surface area (Å²) in [6.45, 7) is 19.8. The Hall–Kier alpha value is -6.19. The Labute approximate surface area is 486 Å². The number of guanidine groups is 1. The highest BCUT2D eigenvalue weighted by Crippen LogP contribution is 2.18. The van der Waals surface area contributed by atoms with E-state index in [0.717, 1.165) is 4.90 Å². The number of aliphatic hydroxyl groups excluding tert-OH is 1. The molecule has 0 saturated heterocycles. The van der Waals surface area contributed by atoms with Crippen LogP contribution < -0.4 is 76.9 Å². The number of primary amides is 1. The second kappa shape index (κ2) is 40.1. The van der Waals surface area contributed by atoms with Crippen LogP contribution in [0.4, 0.5) is 0 Å². The Kier molecular flexibility index (Phi) is 37.1. The molecule has 0 aromatic heterocycles. The highest BCUT2D eigenvalue weighted by molar-refractivity contribution is 5.98. The normalized spacial score (nSPS) is 15.5. The molecule has 10 amide bonds. The number of aliphatic imine (C=N–C) groups is 1. The van der Waals surface area contributed by atoms with Crippen LogP contribution in [0.3, 0.4) is 0 Å². The minimum atomic E-state index is -1.63. The summed E-state index contributed by atoms with van der Waals surface area (Å²) in [5.41, 5.74) is 33.9. The van der Waals surface area contributed by atoms with Crippen LogP contribution in [0.5, 0.6) is 0 Å². The van der Waals surface area contributed by atoms with Crippen molar-refractivity contribution in [3.8, 4) is 0 Å². The number of nitrogens with zero attached hydrogens (tertiary/aromatic N) is 2. The third kappa shape index (κ3) is 29.7. The summed E-state index contributed by atoms with van der Waals surface area (Å²) in [4.78, 5) is 143. The molecular formula is C55H106N16O11. The van der Waals surface area contributed by atoms with Gasteiger partial charge in [-0.05, 0) is 127 Å². The SMILES string of the molecule is CC[C@H](C)[C@H](NC(=O)[C@H](CCCN=C(N)N)NC(=O)[C@H](CCCCN)NC(=O)[C@H](CC(C)C)NC(=O)[C@H](CC(C)C)NC(=O)CN)C(=O)N(C)[C@@H](CCCCN)C(=O)N[C@H](C(=O)N[C@@H](CC(C)C)C(=O)N[C@@H](CC(C)C)C(N)=O)[C@@H](C)O. The molecule has 0 unspecified atom stereocenters. The molecule has 21 N–H and O–H groups in total. The van der Waals surface area contributed by atoms with Gasteiger partial charge in [-0.3, -0.25) is 52.9 Å². The molecule has 11 atom stereocenters. The molecule has 0 bridgehead atoms. The van der Waals surface area contributed by atoms with Crippen LogP contribution in [0, 0.1) is 29.6 Å². The van der Waals surface area contributed by atoms with Gasteiger partial charge in [-0.15, -0.1) is 0 Å². The molecule has 0 aromatic rings. The standard InChI is InChI=1S/C55H106N16O11/c1-13-34(10)44(54(82)71(12)42(21-15-17-23-57)52(80)70-45(35(11)72)53(81)68-41(28-33(8)9)51(79)66-38(46(59)74)25-30(2)3)69-48(76)37(20-18-24-62-55(60)61)64-47(75)36(19-14-16-22-56)65-50(78)40(27-32(6)7)67-49(77)39(26-31(4)5)63-43(73)29-58/h30-42,44-45,72H,13-29,56-58H2,1-12H3,(H2,59,74)(H,63,73)(H,64,75)(H,65,78)(H,66,79)(H,67,77)(H,68,81)(H,69,76)(H,70,80)(H4,60,61,62)/t34-,35+,36-,37-,38-,39-,40-,41-,42-,44-,45-/m0/s1. The van der Waals surface area contributed by atoms with Gasteiger partial charge in [0.15, 0.2) is 5.96 Å². The molecule has 0 heterocycles. The van der Waals surface area contributed by atoms with Crippen LogP contribution in [0.1, 0.15) is 160 Å². The Morgan fingerprint density at radius 3 is 1.26 bits per heavy atom. The molecular weight excluding hydrogens is 1060 g/mol. The van der Waals surface area contributed by atoms with Crippen molar-refractivity contribution in [2.45, 2.75) is 220 Å². The Balaban J connectivity index is 7.16. The van der Waals surface area contributed by atoms with Crippen LogP contribution in [0.15, 0.2) is 4.99 Å². The monoisotopic (exact) mass is 1170 g/mol. The molecule has 0 aliphatic heterocycles. The van der Waals surface area contributed by atoms with E-state index >= 15 is 0 Å². The maximum absolute atomic E-state index is 14.8. The average Bonchev–Trinajstić information content (AvgIpc) is 3.54. The predicted molar refractivity (Wildman–Crippen MR) is 315 cm³/mol. The van der Waals surface area contributed by atoms with E-state index in [0.29, 0.717) is 32.1 Å². The van der Waals surface area contributed by atoms with Gasteiger partial charge in [0.1, 0.15) is 54.4 Å². The third-order valence-corrected chi connectivity index (χ3v) is 13.6. The van der Waals surface area contributed by atoms with Gasteiger partial charge in [0.2, 0.25) is 59.1 Å². The molecule has 0 aliphatic carbocycles. The number of carbonyl (C=O) groups excluding carboxylic acids is 10. The van der Waals surface area contributed by atoms with Crippen molar-refractivity contribution in [1.82, 2.24) is 47.4 Å². The zero-order valence-electron chi connectivity index (χ0n) is 51.1. The quantitative estimate of drug-likeness (QED) is 0.0180. The van der Waals surface area contributed by atoms with E-state index in [2.05, 4.69) is 47.5 Å². The molecule has 0 spiro atoms. The van der Waals surface area contributed by atoms with Crippen molar-refractivity contribution in [3.63, 3.8) is 0 Å². The highest BCUT2D eigenvalue weighted by atomic mass is 16.3.